The maximum Gasteiger partial charge on any atom is 0.574 e. The Hall–Kier alpha value is -1.20. The summed E-state index contributed by atoms with van der Waals surface area (Å²) in [7, 11) is 0. The highest BCUT2D eigenvalue weighted by atomic mass is 127. The molecule has 0 bridgehead atoms. The van der Waals surface area contributed by atoms with Gasteiger partial charge >= 0.3 is 12.3 Å². The van der Waals surface area contributed by atoms with Crippen molar-refractivity contribution in [3.63, 3.8) is 0 Å². The summed E-state index contributed by atoms with van der Waals surface area (Å²) in [5.74, 6) is -2.25. The smallest absolute Gasteiger partial charge is 0.461 e. The average molecular weight is 411 g/mol. The SMILES string of the molecule is CCOC(=O)c1nc(OC(F)(F)F)cc(I)c1C(F)F. The minimum Gasteiger partial charge on any atom is -0.461 e. The molecule has 10 heteroatoms. The zero-order chi connectivity index (χ0) is 15.5. The van der Waals surface area contributed by atoms with Gasteiger partial charge in [-0.2, -0.15) is 0 Å². The summed E-state index contributed by atoms with van der Waals surface area (Å²) in [6.07, 6.45) is -8.14. The fourth-order valence-corrected chi connectivity index (χ4v) is 1.99. The van der Waals surface area contributed by atoms with Gasteiger partial charge in [0.05, 0.1) is 12.2 Å². The Morgan fingerprint density at radius 1 is 1.45 bits per heavy atom. The lowest BCUT2D eigenvalue weighted by atomic mass is 10.2. The summed E-state index contributed by atoms with van der Waals surface area (Å²) in [5, 5.41) is 0. The topological polar surface area (TPSA) is 48.4 Å². The second-order valence-electron chi connectivity index (χ2n) is 3.27. The fraction of sp³-hybridized carbons (Fsp3) is 0.400. The van der Waals surface area contributed by atoms with Gasteiger partial charge in [0.25, 0.3) is 6.43 Å². The van der Waals surface area contributed by atoms with Gasteiger partial charge in [-0.05, 0) is 29.5 Å². The zero-order valence-electron chi connectivity index (χ0n) is 9.80. The van der Waals surface area contributed by atoms with E-state index in [1.54, 1.807) is 0 Å². The highest BCUT2D eigenvalue weighted by molar-refractivity contribution is 14.1. The number of ether oxygens (including phenoxy) is 2. The number of esters is 1. The molecule has 0 aliphatic heterocycles. The Balaban J connectivity index is 3.32. The number of rotatable bonds is 4. The van der Waals surface area contributed by atoms with Crippen molar-refractivity contribution in [3.05, 3.63) is 20.9 Å². The van der Waals surface area contributed by atoms with E-state index < -0.39 is 35.9 Å². The highest BCUT2D eigenvalue weighted by Gasteiger charge is 2.34. The molecule has 0 atom stereocenters. The number of carbonyl (C=O) groups is 1. The van der Waals surface area contributed by atoms with Gasteiger partial charge in [-0.15, -0.1) is 13.2 Å². The van der Waals surface area contributed by atoms with Crippen molar-refractivity contribution in [3.8, 4) is 5.88 Å². The van der Waals surface area contributed by atoms with Crippen LogP contribution in [0.5, 0.6) is 5.88 Å². The first kappa shape index (κ1) is 16.9. The van der Waals surface area contributed by atoms with Crippen LogP contribution < -0.4 is 4.74 Å². The van der Waals surface area contributed by atoms with Crippen molar-refractivity contribution in [1.82, 2.24) is 4.98 Å². The van der Waals surface area contributed by atoms with E-state index in [-0.39, 0.29) is 10.2 Å². The third-order valence-corrected chi connectivity index (χ3v) is 2.78. The standard InChI is InChI=1S/C10H7F5INO3/c1-2-19-9(18)7-6(8(11)12)4(16)3-5(17-7)20-10(13,14)15/h3,8H,2H2,1H3. The summed E-state index contributed by atoms with van der Waals surface area (Å²) in [5.41, 5.74) is -1.69. The Bertz CT molecular complexity index is 506. The second kappa shape index (κ2) is 6.50. The van der Waals surface area contributed by atoms with Crippen molar-refractivity contribution in [2.24, 2.45) is 0 Å². The number of nitrogens with zero attached hydrogens (tertiary/aromatic N) is 1. The van der Waals surface area contributed by atoms with Crippen LogP contribution in [-0.2, 0) is 4.74 Å². The molecular weight excluding hydrogens is 404 g/mol. The number of aromatic nitrogens is 1. The number of pyridine rings is 1. The molecule has 0 aliphatic carbocycles. The van der Waals surface area contributed by atoms with Gasteiger partial charge in [0.15, 0.2) is 5.69 Å². The summed E-state index contributed by atoms with van der Waals surface area (Å²) in [4.78, 5) is 14.6. The first-order valence-electron chi connectivity index (χ1n) is 5.07. The molecule has 0 saturated heterocycles. The molecule has 112 valence electrons. The predicted octanol–water partition coefficient (Wildman–Crippen LogP) is 3.70. The van der Waals surface area contributed by atoms with Gasteiger partial charge in [-0.25, -0.2) is 18.6 Å². The van der Waals surface area contributed by atoms with Crippen LogP contribution in [0.25, 0.3) is 0 Å². The van der Waals surface area contributed by atoms with Gasteiger partial charge < -0.3 is 9.47 Å². The van der Waals surface area contributed by atoms with Crippen molar-refractivity contribution in [1.29, 1.82) is 0 Å². The Kier molecular flexibility index (Phi) is 5.48. The lowest BCUT2D eigenvalue weighted by Gasteiger charge is -2.13. The second-order valence-corrected chi connectivity index (χ2v) is 4.44. The minimum absolute atomic E-state index is 0.135. The molecule has 0 aliphatic rings. The Labute approximate surface area is 123 Å². The van der Waals surface area contributed by atoms with Crippen LogP contribution in [-0.4, -0.2) is 23.9 Å². The third kappa shape index (κ3) is 4.42. The summed E-state index contributed by atoms with van der Waals surface area (Å²) in [6.45, 7) is 1.28. The van der Waals surface area contributed by atoms with Gasteiger partial charge in [0.2, 0.25) is 5.88 Å². The molecule has 0 aromatic carbocycles. The van der Waals surface area contributed by atoms with Crippen LogP contribution >= 0.6 is 22.6 Å². The van der Waals surface area contributed by atoms with E-state index in [1.807, 2.05) is 0 Å². The number of hydrogen-bond donors (Lipinski definition) is 0. The third-order valence-electron chi connectivity index (χ3n) is 1.89. The van der Waals surface area contributed by atoms with Crippen LogP contribution in [0, 0.1) is 3.57 Å². The van der Waals surface area contributed by atoms with Crippen LogP contribution in [0.2, 0.25) is 0 Å². The van der Waals surface area contributed by atoms with E-state index in [0.29, 0.717) is 6.07 Å². The molecule has 4 nitrogen and oxygen atoms in total. The molecule has 0 N–H and O–H groups in total. The van der Waals surface area contributed by atoms with E-state index in [0.717, 1.165) is 0 Å². The van der Waals surface area contributed by atoms with E-state index in [1.165, 1.54) is 29.5 Å². The van der Waals surface area contributed by atoms with E-state index in [9.17, 15) is 26.7 Å². The van der Waals surface area contributed by atoms with E-state index in [2.05, 4.69) is 14.5 Å². The molecule has 1 rings (SSSR count). The number of carbonyl (C=O) groups excluding carboxylic acids is 1. The van der Waals surface area contributed by atoms with Crippen molar-refractivity contribution in [2.75, 3.05) is 6.61 Å². The molecule has 0 unspecified atom stereocenters. The largest absolute Gasteiger partial charge is 0.574 e. The summed E-state index contributed by atoms with van der Waals surface area (Å²) < 4.78 is 69.7. The molecule has 1 aromatic heterocycles. The zero-order valence-corrected chi connectivity index (χ0v) is 12.0. The maximum atomic E-state index is 12.8. The van der Waals surface area contributed by atoms with Crippen LogP contribution in [0.15, 0.2) is 6.07 Å². The molecule has 0 fully saturated rings. The van der Waals surface area contributed by atoms with Gasteiger partial charge in [-0.1, -0.05) is 0 Å². The van der Waals surface area contributed by atoms with Crippen LogP contribution in [0.3, 0.4) is 0 Å². The maximum absolute atomic E-state index is 12.8. The molecular formula is C10H7F5INO3. The Morgan fingerprint density at radius 2 is 2.05 bits per heavy atom. The number of alkyl halides is 5. The normalized spacial score (nSPS) is 11.6. The minimum atomic E-state index is -5.05. The van der Waals surface area contributed by atoms with E-state index >= 15 is 0 Å². The lowest BCUT2D eigenvalue weighted by molar-refractivity contribution is -0.276. The average Bonchev–Trinajstić information content (AvgIpc) is 2.25. The molecule has 20 heavy (non-hydrogen) atoms. The fourth-order valence-electron chi connectivity index (χ4n) is 1.24. The van der Waals surface area contributed by atoms with Crippen molar-refractivity contribution in [2.45, 2.75) is 19.7 Å². The predicted molar refractivity (Wildman–Crippen MR) is 64.6 cm³/mol. The molecule has 1 aromatic rings. The summed E-state index contributed by atoms with van der Waals surface area (Å²) >= 11 is 1.37. The van der Waals surface area contributed by atoms with Gasteiger partial charge in [0, 0.05) is 9.64 Å². The molecule has 0 spiro atoms. The van der Waals surface area contributed by atoms with Crippen LogP contribution in [0.1, 0.15) is 29.4 Å². The molecule has 0 amide bonds. The Morgan fingerprint density at radius 3 is 2.50 bits per heavy atom. The van der Waals surface area contributed by atoms with Crippen LogP contribution in [0.4, 0.5) is 22.0 Å². The number of halogens is 6. The molecule has 0 radical (unpaired) electrons. The lowest BCUT2D eigenvalue weighted by Crippen LogP contribution is -2.20. The highest BCUT2D eigenvalue weighted by Crippen LogP contribution is 2.31. The van der Waals surface area contributed by atoms with Gasteiger partial charge in [-0.3, -0.25) is 0 Å². The van der Waals surface area contributed by atoms with E-state index in [4.69, 9.17) is 0 Å². The summed E-state index contributed by atoms with van der Waals surface area (Å²) in [6, 6.07) is 0.665. The van der Waals surface area contributed by atoms with Crippen molar-refractivity contribution < 1.29 is 36.2 Å². The molecule has 1 heterocycles. The number of hydrogen-bond acceptors (Lipinski definition) is 4. The van der Waals surface area contributed by atoms with Crippen molar-refractivity contribution >= 4 is 28.6 Å². The van der Waals surface area contributed by atoms with Gasteiger partial charge in [0.1, 0.15) is 0 Å². The quantitative estimate of drug-likeness (QED) is 0.431. The first-order chi connectivity index (χ1) is 9.15. The molecule has 0 saturated carbocycles. The monoisotopic (exact) mass is 411 g/mol. The first-order valence-corrected chi connectivity index (χ1v) is 6.15.